The van der Waals surface area contributed by atoms with E-state index in [-0.39, 0.29) is 0 Å². The lowest BCUT2D eigenvalue weighted by Crippen LogP contribution is -2.36. The van der Waals surface area contributed by atoms with Gasteiger partial charge in [0.15, 0.2) is 0 Å². The largest absolute Gasteiger partial charge is 0.479 e. The minimum Gasteiger partial charge on any atom is -0.479 e. The molecule has 0 aliphatic carbocycles. The van der Waals surface area contributed by atoms with E-state index >= 15 is 0 Å². The molecule has 180 valence electrons. The van der Waals surface area contributed by atoms with Gasteiger partial charge in [-0.15, -0.1) is 0 Å². The Labute approximate surface area is 186 Å². The Bertz CT molecular complexity index is 357. The Hall–Kier alpha value is -0.650. The quantitative estimate of drug-likeness (QED) is 0.260. The van der Waals surface area contributed by atoms with Gasteiger partial charge >= 0.3 is 5.97 Å². The molecule has 1 aliphatic rings. The van der Waals surface area contributed by atoms with E-state index in [0.29, 0.717) is 0 Å². The number of aliphatic hydroxyl groups excluding tert-OH is 1. The van der Waals surface area contributed by atoms with Gasteiger partial charge in [-0.05, 0) is 19.9 Å². The van der Waals surface area contributed by atoms with Crippen molar-refractivity contribution in [2.45, 2.75) is 123 Å². The van der Waals surface area contributed by atoms with Crippen molar-refractivity contribution in [3.63, 3.8) is 0 Å². The number of unbranched alkanes of at least 4 members (excludes halogenated alkanes) is 15. The van der Waals surface area contributed by atoms with Crippen molar-refractivity contribution in [2.24, 2.45) is 0 Å². The van der Waals surface area contributed by atoms with Crippen LogP contribution in [0.3, 0.4) is 0 Å². The molecule has 0 radical (unpaired) electrons. The van der Waals surface area contributed by atoms with Gasteiger partial charge in [0.2, 0.25) is 0 Å². The Morgan fingerprint density at radius 3 is 1.43 bits per heavy atom. The molecule has 5 nitrogen and oxygen atoms in total. The van der Waals surface area contributed by atoms with Crippen molar-refractivity contribution in [2.75, 3.05) is 32.8 Å². The van der Waals surface area contributed by atoms with E-state index < -0.39 is 12.1 Å². The number of rotatable bonds is 18. The average Bonchev–Trinajstić information content (AvgIpc) is 2.74. The molecule has 0 aromatic carbocycles. The highest BCUT2D eigenvalue weighted by atomic mass is 16.5. The van der Waals surface area contributed by atoms with E-state index in [1.807, 2.05) is 0 Å². The minimum absolute atomic E-state index is 0.943. The highest BCUT2D eigenvalue weighted by Gasteiger charge is 2.08. The zero-order chi connectivity index (χ0) is 22.3. The third-order valence-corrected chi connectivity index (χ3v) is 5.79. The second kappa shape index (κ2) is 23.0. The van der Waals surface area contributed by atoms with Gasteiger partial charge in [-0.25, -0.2) is 4.79 Å². The lowest BCUT2D eigenvalue weighted by molar-refractivity contribution is -0.145. The summed E-state index contributed by atoms with van der Waals surface area (Å²) >= 11 is 0. The molecule has 0 spiro atoms. The monoisotopic (exact) mass is 429 g/mol. The summed E-state index contributed by atoms with van der Waals surface area (Å²) in [6, 6.07) is 0. The van der Waals surface area contributed by atoms with Crippen LogP contribution in [0.15, 0.2) is 0 Å². The summed E-state index contributed by atoms with van der Waals surface area (Å²) in [7, 11) is 0. The number of carbonyl (C=O) groups is 1. The van der Waals surface area contributed by atoms with Gasteiger partial charge in [-0.1, -0.05) is 103 Å². The lowest BCUT2D eigenvalue weighted by atomic mass is 10.0. The van der Waals surface area contributed by atoms with Crippen LogP contribution in [0.1, 0.15) is 117 Å². The van der Waals surface area contributed by atoms with Crippen molar-refractivity contribution < 1.29 is 19.7 Å². The lowest BCUT2D eigenvalue weighted by Gasteiger charge is -2.26. The number of aliphatic carboxylic acids is 1. The van der Waals surface area contributed by atoms with Gasteiger partial charge in [0, 0.05) is 13.1 Å². The number of hydrogen-bond donors (Lipinski definition) is 2. The van der Waals surface area contributed by atoms with Crippen molar-refractivity contribution in [3.05, 3.63) is 0 Å². The Morgan fingerprint density at radius 2 is 1.10 bits per heavy atom. The predicted molar refractivity (Wildman–Crippen MR) is 126 cm³/mol. The maximum Gasteiger partial charge on any atom is 0.332 e. The molecule has 0 amide bonds. The molecule has 1 heterocycles. The van der Waals surface area contributed by atoms with Crippen LogP contribution < -0.4 is 0 Å². The first-order valence-electron chi connectivity index (χ1n) is 12.8. The minimum atomic E-state index is -1.23. The van der Waals surface area contributed by atoms with Gasteiger partial charge in [-0.2, -0.15) is 0 Å². The zero-order valence-electron chi connectivity index (χ0n) is 20.1. The second-order valence-electron chi connectivity index (χ2n) is 8.77. The highest BCUT2D eigenvalue weighted by molar-refractivity contribution is 5.71. The summed E-state index contributed by atoms with van der Waals surface area (Å²) < 4.78 is 5.39. The molecule has 0 bridgehead atoms. The molecule has 5 heteroatoms. The first kappa shape index (κ1) is 29.4. The summed E-state index contributed by atoms with van der Waals surface area (Å²) in [4.78, 5) is 12.0. The summed E-state index contributed by atoms with van der Waals surface area (Å²) in [6.07, 6.45) is 22.0. The number of carboxylic acid groups (broad SMARTS) is 1. The number of nitrogens with zero attached hydrogens (tertiary/aromatic N) is 1. The molecule has 1 aliphatic heterocycles. The van der Waals surface area contributed by atoms with E-state index in [2.05, 4.69) is 11.8 Å². The normalized spacial score (nSPS) is 15.4. The Balaban J connectivity index is 0.00000122. The first-order chi connectivity index (χ1) is 14.6. The summed E-state index contributed by atoms with van der Waals surface area (Å²) in [5, 5.41) is 15.8. The second-order valence-corrected chi connectivity index (χ2v) is 8.77. The molecule has 0 saturated carbocycles. The molecule has 1 rings (SSSR count). The van der Waals surface area contributed by atoms with Crippen LogP contribution in [0.25, 0.3) is 0 Å². The van der Waals surface area contributed by atoms with Gasteiger partial charge < -0.3 is 14.9 Å². The molecule has 0 aromatic rings. The van der Waals surface area contributed by atoms with Gasteiger partial charge in [0.25, 0.3) is 0 Å². The molecule has 1 fully saturated rings. The van der Waals surface area contributed by atoms with Gasteiger partial charge in [0.1, 0.15) is 6.10 Å². The van der Waals surface area contributed by atoms with Crippen LogP contribution in [0, 0.1) is 0 Å². The third kappa shape index (κ3) is 22.0. The summed E-state index contributed by atoms with van der Waals surface area (Å²) in [6.45, 7) is 8.98. The molecule has 1 saturated heterocycles. The van der Waals surface area contributed by atoms with E-state index in [1.54, 1.807) is 0 Å². The molecule has 0 aromatic heterocycles. The van der Waals surface area contributed by atoms with Crippen LogP contribution in [-0.4, -0.2) is 60.0 Å². The maximum absolute atomic E-state index is 9.45. The fourth-order valence-electron chi connectivity index (χ4n) is 3.71. The third-order valence-electron chi connectivity index (χ3n) is 5.79. The molecule has 1 unspecified atom stereocenters. The smallest absolute Gasteiger partial charge is 0.332 e. The molecule has 30 heavy (non-hydrogen) atoms. The number of carboxylic acids is 1. The topological polar surface area (TPSA) is 70.0 Å². The molecule has 1 atom stereocenters. The predicted octanol–water partition coefficient (Wildman–Crippen LogP) is 6.03. The number of hydrogen-bond acceptors (Lipinski definition) is 4. The number of ether oxygens (including phenoxy) is 1. The van der Waals surface area contributed by atoms with E-state index in [1.165, 1.54) is 116 Å². The van der Waals surface area contributed by atoms with E-state index in [4.69, 9.17) is 14.9 Å². The van der Waals surface area contributed by atoms with Crippen molar-refractivity contribution in [1.29, 1.82) is 0 Å². The van der Waals surface area contributed by atoms with Crippen LogP contribution in [-0.2, 0) is 9.53 Å². The maximum atomic E-state index is 9.45. The fourth-order valence-corrected chi connectivity index (χ4v) is 3.71. The zero-order valence-corrected chi connectivity index (χ0v) is 20.1. The molecule has 2 N–H and O–H groups in total. The van der Waals surface area contributed by atoms with Crippen LogP contribution in [0.2, 0.25) is 0 Å². The Morgan fingerprint density at radius 1 is 0.767 bits per heavy atom. The van der Waals surface area contributed by atoms with Gasteiger partial charge in [-0.3, -0.25) is 4.90 Å². The molecular weight excluding hydrogens is 378 g/mol. The number of morpholine rings is 1. The van der Waals surface area contributed by atoms with Crippen LogP contribution in [0.4, 0.5) is 0 Å². The SMILES string of the molecule is CC(O)C(=O)O.CCCCCCCCCCCCCCCCCCN1CCOCC1. The Kier molecular flexibility index (Phi) is 22.5. The summed E-state index contributed by atoms with van der Waals surface area (Å²) in [5.41, 5.74) is 0. The first-order valence-corrected chi connectivity index (χ1v) is 12.8. The standard InChI is InChI=1S/C22H45NO.C3H6O3/c1-2-3-4-5-6-7-8-9-10-11-12-13-14-15-16-17-18-23-19-21-24-22-20-23;1-2(4)3(5)6/h2-22H2,1H3;2,4H,1H3,(H,5,6). The van der Waals surface area contributed by atoms with E-state index in [0.717, 1.165) is 26.3 Å². The van der Waals surface area contributed by atoms with Crippen molar-refractivity contribution in [3.8, 4) is 0 Å². The molecular formula is C25H51NO4. The van der Waals surface area contributed by atoms with Crippen molar-refractivity contribution in [1.82, 2.24) is 4.90 Å². The summed E-state index contributed by atoms with van der Waals surface area (Å²) in [5.74, 6) is -1.19. The van der Waals surface area contributed by atoms with Gasteiger partial charge in [0.05, 0.1) is 13.2 Å². The van der Waals surface area contributed by atoms with E-state index in [9.17, 15) is 4.79 Å². The number of aliphatic hydroxyl groups is 1. The highest BCUT2D eigenvalue weighted by Crippen LogP contribution is 2.13. The fraction of sp³-hybridized carbons (Fsp3) is 0.960. The van der Waals surface area contributed by atoms with Crippen LogP contribution >= 0.6 is 0 Å². The average molecular weight is 430 g/mol. The van der Waals surface area contributed by atoms with Crippen molar-refractivity contribution >= 4 is 5.97 Å². The van der Waals surface area contributed by atoms with Crippen LogP contribution in [0.5, 0.6) is 0 Å².